The molecule has 0 aromatic heterocycles. The molecule has 2 N–H and O–H groups in total. The molecular weight excluding hydrogens is 218 g/mol. The number of nitrogens with one attached hydrogen (secondary N) is 1. The number of likely N-dealkylation sites (tertiary alicyclic amines) is 1. The van der Waals surface area contributed by atoms with Crippen molar-refractivity contribution < 1.29 is 9.90 Å². The lowest BCUT2D eigenvalue weighted by molar-refractivity contribution is -0.123. The van der Waals surface area contributed by atoms with Crippen LogP contribution in [0.5, 0.6) is 0 Å². The summed E-state index contributed by atoms with van der Waals surface area (Å²) in [6.07, 6.45) is 3.68. The van der Waals surface area contributed by atoms with Crippen LogP contribution in [0.3, 0.4) is 0 Å². The molecule has 0 saturated carbocycles. The van der Waals surface area contributed by atoms with E-state index in [2.05, 4.69) is 10.2 Å². The second-order valence-corrected chi connectivity index (χ2v) is 4.64. The third kappa shape index (κ3) is 5.16. The van der Waals surface area contributed by atoms with E-state index in [0.717, 1.165) is 25.8 Å². The first-order valence-corrected chi connectivity index (χ1v) is 6.19. The Morgan fingerprint density at radius 2 is 2.41 bits per heavy atom. The Balaban J connectivity index is 2.42. The Kier molecular flexibility index (Phi) is 5.95. The highest BCUT2D eigenvalue weighted by Crippen LogP contribution is 2.20. The minimum atomic E-state index is -0.331. The summed E-state index contributed by atoms with van der Waals surface area (Å²) in [6.45, 7) is 3.08. The largest absolute Gasteiger partial charge is 0.393 e. The second-order valence-electron chi connectivity index (χ2n) is 4.64. The molecule has 2 unspecified atom stereocenters. The standard InChI is InChI=1S/C12H21N3O2/c1-10(16)8-11-4-2-3-7-15(11)9-12(17)14-6-5-13/h10-11,16H,2-4,6-9H2,1H3,(H,14,17). The number of aliphatic hydroxyl groups excluding tert-OH is 1. The van der Waals surface area contributed by atoms with Crippen molar-refractivity contribution in [2.24, 2.45) is 0 Å². The van der Waals surface area contributed by atoms with E-state index in [-0.39, 0.29) is 24.6 Å². The third-order valence-corrected chi connectivity index (χ3v) is 3.07. The summed E-state index contributed by atoms with van der Waals surface area (Å²) in [5.74, 6) is -0.107. The molecule has 5 heteroatoms. The van der Waals surface area contributed by atoms with E-state index in [1.54, 1.807) is 6.92 Å². The Hall–Kier alpha value is -1.12. The SMILES string of the molecule is CC(O)CC1CCCCN1CC(=O)NCC#N. The Morgan fingerprint density at radius 3 is 3.06 bits per heavy atom. The van der Waals surface area contributed by atoms with Gasteiger partial charge in [-0.25, -0.2) is 0 Å². The fourth-order valence-corrected chi connectivity index (χ4v) is 2.31. The predicted molar refractivity (Wildman–Crippen MR) is 64.1 cm³/mol. The van der Waals surface area contributed by atoms with Crippen LogP contribution in [0.4, 0.5) is 0 Å². The van der Waals surface area contributed by atoms with Crippen LogP contribution < -0.4 is 5.32 Å². The number of nitriles is 1. The van der Waals surface area contributed by atoms with Gasteiger partial charge in [0.25, 0.3) is 0 Å². The van der Waals surface area contributed by atoms with Gasteiger partial charge in [-0.05, 0) is 32.7 Å². The molecule has 5 nitrogen and oxygen atoms in total. The lowest BCUT2D eigenvalue weighted by atomic mass is 9.97. The van der Waals surface area contributed by atoms with Crippen LogP contribution in [-0.4, -0.2) is 47.7 Å². The van der Waals surface area contributed by atoms with Crippen LogP contribution in [0.15, 0.2) is 0 Å². The predicted octanol–water partition coefficient (Wildman–Crippen LogP) is 0.252. The summed E-state index contributed by atoms with van der Waals surface area (Å²) < 4.78 is 0. The van der Waals surface area contributed by atoms with Crippen molar-refractivity contribution in [1.82, 2.24) is 10.2 Å². The van der Waals surface area contributed by atoms with Gasteiger partial charge in [0.1, 0.15) is 6.54 Å². The number of amides is 1. The van der Waals surface area contributed by atoms with E-state index in [0.29, 0.717) is 13.0 Å². The molecule has 0 aromatic rings. The lowest BCUT2D eigenvalue weighted by Gasteiger charge is -2.35. The number of hydrogen-bond acceptors (Lipinski definition) is 4. The number of carbonyl (C=O) groups is 1. The van der Waals surface area contributed by atoms with Gasteiger partial charge in [-0.2, -0.15) is 5.26 Å². The third-order valence-electron chi connectivity index (χ3n) is 3.07. The van der Waals surface area contributed by atoms with Gasteiger partial charge in [0.05, 0.1) is 18.7 Å². The molecule has 17 heavy (non-hydrogen) atoms. The Bertz CT molecular complexity index is 286. The van der Waals surface area contributed by atoms with E-state index >= 15 is 0 Å². The van der Waals surface area contributed by atoms with Gasteiger partial charge in [0, 0.05) is 6.04 Å². The summed E-state index contributed by atoms with van der Waals surface area (Å²) in [4.78, 5) is 13.6. The first-order chi connectivity index (χ1) is 8.13. The fourth-order valence-electron chi connectivity index (χ4n) is 2.31. The van der Waals surface area contributed by atoms with Crippen LogP contribution >= 0.6 is 0 Å². The molecule has 1 aliphatic rings. The van der Waals surface area contributed by atoms with Gasteiger partial charge < -0.3 is 10.4 Å². The summed E-state index contributed by atoms with van der Waals surface area (Å²) >= 11 is 0. The molecule has 0 radical (unpaired) electrons. The fraction of sp³-hybridized carbons (Fsp3) is 0.833. The topological polar surface area (TPSA) is 76.4 Å². The first kappa shape index (κ1) is 13.9. The molecule has 1 heterocycles. The van der Waals surface area contributed by atoms with Gasteiger partial charge in [0.15, 0.2) is 0 Å². The maximum absolute atomic E-state index is 11.5. The summed E-state index contributed by atoms with van der Waals surface area (Å²) in [5.41, 5.74) is 0. The quantitative estimate of drug-likeness (QED) is 0.674. The number of carbonyl (C=O) groups excluding carboxylic acids is 1. The number of rotatable bonds is 5. The van der Waals surface area contributed by atoms with Crippen molar-refractivity contribution >= 4 is 5.91 Å². The van der Waals surface area contributed by atoms with E-state index in [4.69, 9.17) is 5.26 Å². The van der Waals surface area contributed by atoms with Gasteiger partial charge >= 0.3 is 0 Å². The molecule has 0 spiro atoms. The minimum Gasteiger partial charge on any atom is -0.393 e. The highest BCUT2D eigenvalue weighted by Gasteiger charge is 2.24. The molecule has 1 fully saturated rings. The Labute approximate surface area is 102 Å². The molecule has 1 amide bonds. The van der Waals surface area contributed by atoms with Gasteiger partial charge in [-0.15, -0.1) is 0 Å². The van der Waals surface area contributed by atoms with Crippen LogP contribution in [0.25, 0.3) is 0 Å². The first-order valence-electron chi connectivity index (χ1n) is 6.19. The van der Waals surface area contributed by atoms with Gasteiger partial charge in [-0.1, -0.05) is 6.42 Å². The van der Waals surface area contributed by atoms with Crippen molar-refractivity contribution in [3.8, 4) is 6.07 Å². The average Bonchev–Trinajstić information content (AvgIpc) is 2.28. The van der Waals surface area contributed by atoms with Crippen molar-refractivity contribution in [3.63, 3.8) is 0 Å². The average molecular weight is 239 g/mol. The highest BCUT2D eigenvalue weighted by molar-refractivity contribution is 5.78. The summed E-state index contributed by atoms with van der Waals surface area (Å²) in [5, 5.41) is 20.4. The van der Waals surface area contributed by atoms with E-state index < -0.39 is 0 Å². The van der Waals surface area contributed by atoms with Crippen molar-refractivity contribution in [2.45, 2.75) is 44.8 Å². The lowest BCUT2D eigenvalue weighted by Crippen LogP contribution is -2.46. The van der Waals surface area contributed by atoms with E-state index in [9.17, 15) is 9.90 Å². The van der Waals surface area contributed by atoms with Gasteiger partial charge in [-0.3, -0.25) is 9.69 Å². The zero-order valence-corrected chi connectivity index (χ0v) is 10.4. The van der Waals surface area contributed by atoms with Crippen molar-refractivity contribution in [2.75, 3.05) is 19.6 Å². The van der Waals surface area contributed by atoms with Crippen molar-refractivity contribution in [1.29, 1.82) is 5.26 Å². The molecule has 0 aliphatic carbocycles. The maximum atomic E-state index is 11.5. The maximum Gasteiger partial charge on any atom is 0.235 e. The number of hydrogen-bond donors (Lipinski definition) is 2. The molecule has 1 rings (SSSR count). The molecule has 1 aliphatic heterocycles. The Morgan fingerprint density at radius 1 is 1.65 bits per heavy atom. The normalized spacial score (nSPS) is 22.8. The van der Waals surface area contributed by atoms with Crippen LogP contribution in [0.1, 0.15) is 32.6 Å². The molecule has 0 bridgehead atoms. The molecular formula is C12H21N3O2. The minimum absolute atomic E-state index is 0.0632. The van der Waals surface area contributed by atoms with Crippen LogP contribution in [-0.2, 0) is 4.79 Å². The number of aliphatic hydroxyl groups is 1. The summed E-state index contributed by atoms with van der Waals surface area (Å²) in [6, 6.07) is 2.18. The second kappa shape index (κ2) is 7.25. The van der Waals surface area contributed by atoms with Crippen molar-refractivity contribution in [3.05, 3.63) is 0 Å². The molecule has 0 aromatic carbocycles. The number of piperidine rings is 1. The molecule has 1 saturated heterocycles. The van der Waals surface area contributed by atoms with E-state index in [1.807, 2.05) is 6.07 Å². The zero-order valence-electron chi connectivity index (χ0n) is 10.4. The summed E-state index contributed by atoms with van der Waals surface area (Å²) in [7, 11) is 0. The van der Waals surface area contributed by atoms with Crippen LogP contribution in [0.2, 0.25) is 0 Å². The monoisotopic (exact) mass is 239 g/mol. The molecule has 2 atom stereocenters. The molecule has 96 valence electrons. The zero-order chi connectivity index (χ0) is 12.7. The van der Waals surface area contributed by atoms with E-state index in [1.165, 1.54) is 0 Å². The highest BCUT2D eigenvalue weighted by atomic mass is 16.3. The smallest absolute Gasteiger partial charge is 0.235 e. The van der Waals surface area contributed by atoms with Gasteiger partial charge in [0.2, 0.25) is 5.91 Å². The number of nitrogens with zero attached hydrogens (tertiary/aromatic N) is 2. The van der Waals surface area contributed by atoms with Crippen LogP contribution in [0, 0.1) is 11.3 Å².